The maximum absolute atomic E-state index is 5.32. The van der Waals surface area contributed by atoms with E-state index in [1.807, 2.05) is 0 Å². The zero-order valence-electron chi connectivity index (χ0n) is 17.9. The molecule has 1 nitrogen and oxygen atoms in total. The van der Waals surface area contributed by atoms with Crippen LogP contribution in [0, 0.1) is 11.8 Å². The summed E-state index contributed by atoms with van der Waals surface area (Å²) in [6.45, 7) is 6.98. The van der Waals surface area contributed by atoms with Gasteiger partial charge in [-0.1, -0.05) is 57.2 Å². The number of hydrogen-bond acceptors (Lipinski definition) is 1. The van der Waals surface area contributed by atoms with Crippen molar-refractivity contribution in [2.75, 3.05) is 0 Å². The monoisotopic (exact) mass is 381 g/mol. The fourth-order valence-electron chi connectivity index (χ4n) is 6.76. The van der Waals surface area contributed by atoms with Crippen molar-refractivity contribution in [1.29, 1.82) is 0 Å². The second kappa shape index (κ2) is 6.17. The van der Waals surface area contributed by atoms with E-state index in [9.17, 15) is 0 Å². The van der Waals surface area contributed by atoms with Crippen LogP contribution in [0.25, 0.3) is 22.2 Å². The van der Waals surface area contributed by atoms with Crippen LogP contribution in [-0.4, -0.2) is 4.98 Å². The van der Waals surface area contributed by atoms with Gasteiger partial charge in [0, 0.05) is 10.9 Å². The zero-order valence-corrected chi connectivity index (χ0v) is 17.9. The molecule has 4 aliphatic rings. The van der Waals surface area contributed by atoms with Crippen molar-refractivity contribution in [2.45, 2.75) is 70.1 Å². The summed E-state index contributed by atoms with van der Waals surface area (Å²) in [5.74, 6) is 3.28. The molecule has 29 heavy (non-hydrogen) atoms. The molecule has 0 aliphatic heterocycles. The van der Waals surface area contributed by atoms with E-state index in [0.717, 1.165) is 17.8 Å². The largest absolute Gasteiger partial charge is 0.247 e. The normalized spacial score (nSPS) is 27.8. The lowest BCUT2D eigenvalue weighted by Gasteiger charge is -2.38. The molecule has 0 N–H and O–H groups in total. The Morgan fingerprint density at radius 2 is 1.41 bits per heavy atom. The van der Waals surface area contributed by atoms with Crippen LogP contribution in [0.3, 0.4) is 0 Å². The number of benzene rings is 2. The van der Waals surface area contributed by atoms with Crippen LogP contribution in [0.4, 0.5) is 0 Å². The van der Waals surface area contributed by atoms with Crippen molar-refractivity contribution in [1.82, 2.24) is 4.98 Å². The molecule has 0 spiro atoms. The molecule has 0 radical (unpaired) electrons. The second-order valence-electron chi connectivity index (χ2n) is 10.9. The molecule has 1 aromatic heterocycles. The van der Waals surface area contributed by atoms with Gasteiger partial charge in [0.1, 0.15) is 0 Å². The summed E-state index contributed by atoms with van der Waals surface area (Å²) in [5, 5.41) is 1.45. The third-order valence-corrected chi connectivity index (χ3v) is 7.93. The van der Waals surface area contributed by atoms with Gasteiger partial charge in [-0.3, -0.25) is 0 Å². The first-order valence-electron chi connectivity index (χ1n) is 11.5. The third kappa shape index (κ3) is 2.77. The van der Waals surface area contributed by atoms with Gasteiger partial charge in [-0.25, -0.2) is 4.98 Å². The van der Waals surface area contributed by atoms with E-state index in [0.29, 0.717) is 5.92 Å². The maximum atomic E-state index is 5.32. The van der Waals surface area contributed by atoms with Crippen LogP contribution in [-0.2, 0) is 5.41 Å². The highest BCUT2D eigenvalue weighted by Crippen LogP contribution is 2.58. The van der Waals surface area contributed by atoms with E-state index in [1.54, 1.807) is 11.1 Å². The highest BCUT2D eigenvalue weighted by atomic mass is 14.7. The molecule has 3 aromatic rings. The molecular weight excluding hydrogens is 350 g/mol. The topological polar surface area (TPSA) is 12.9 Å². The molecular formula is C28H31N. The first kappa shape index (κ1) is 17.7. The minimum Gasteiger partial charge on any atom is -0.247 e. The van der Waals surface area contributed by atoms with Crippen molar-refractivity contribution < 1.29 is 0 Å². The molecule has 2 fully saturated rings. The standard InChI is InChI=1S/C28H31N/c1-28(2,3)22-9-10-24-23(16-22)25-20-12-17-11-18(13-20)15-21(14-17)26(25)27(29-24)19-7-5-4-6-8-19/h4-10,16-18,20-21H,11-15H2,1-3H3. The summed E-state index contributed by atoms with van der Waals surface area (Å²) in [7, 11) is 0. The van der Waals surface area contributed by atoms with Crippen molar-refractivity contribution in [2.24, 2.45) is 11.8 Å². The number of hydrogen-bond donors (Lipinski definition) is 0. The summed E-state index contributed by atoms with van der Waals surface area (Å²) >= 11 is 0. The van der Waals surface area contributed by atoms with Gasteiger partial charge in [-0.05, 0) is 90.0 Å². The Morgan fingerprint density at radius 3 is 2.07 bits per heavy atom. The average molecular weight is 382 g/mol. The van der Waals surface area contributed by atoms with E-state index < -0.39 is 0 Å². The Balaban J connectivity index is 1.69. The molecule has 2 unspecified atom stereocenters. The summed E-state index contributed by atoms with van der Waals surface area (Å²) in [4.78, 5) is 5.32. The van der Waals surface area contributed by atoms with Gasteiger partial charge in [0.25, 0.3) is 0 Å². The van der Waals surface area contributed by atoms with Crippen LogP contribution in [0.5, 0.6) is 0 Å². The summed E-state index contributed by atoms with van der Waals surface area (Å²) < 4.78 is 0. The maximum Gasteiger partial charge on any atom is 0.0747 e. The van der Waals surface area contributed by atoms with Crippen LogP contribution in [0.2, 0.25) is 0 Å². The van der Waals surface area contributed by atoms with Gasteiger partial charge in [0.05, 0.1) is 11.2 Å². The van der Waals surface area contributed by atoms with Crippen LogP contribution in [0.1, 0.15) is 81.4 Å². The van der Waals surface area contributed by atoms with E-state index in [1.165, 1.54) is 59.8 Å². The van der Waals surface area contributed by atoms with E-state index in [-0.39, 0.29) is 5.41 Å². The van der Waals surface area contributed by atoms with Gasteiger partial charge >= 0.3 is 0 Å². The van der Waals surface area contributed by atoms with Gasteiger partial charge in [-0.15, -0.1) is 0 Å². The predicted octanol–water partition coefficient (Wildman–Crippen LogP) is 7.59. The van der Waals surface area contributed by atoms with Crippen LogP contribution >= 0.6 is 0 Å². The highest BCUT2D eigenvalue weighted by Gasteiger charge is 2.44. The molecule has 0 amide bonds. The first-order chi connectivity index (χ1) is 14.0. The third-order valence-electron chi connectivity index (χ3n) is 7.93. The minimum absolute atomic E-state index is 0.168. The summed E-state index contributed by atoms with van der Waals surface area (Å²) in [5.41, 5.74) is 8.66. The van der Waals surface area contributed by atoms with Crippen molar-refractivity contribution >= 4 is 10.9 Å². The van der Waals surface area contributed by atoms with Gasteiger partial charge in [0.2, 0.25) is 0 Å². The predicted molar refractivity (Wildman–Crippen MR) is 121 cm³/mol. The molecule has 1 heterocycles. The molecule has 0 saturated heterocycles. The number of nitrogens with zero attached hydrogens (tertiary/aromatic N) is 1. The highest BCUT2D eigenvalue weighted by molar-refractivity contribution is 5.89. The van der Waals surface area contributed by atoms with Gasteiger partial charge in [-0.2, -0.15) is 0 Å². The Labute approximate surface area is 174 Å². The average Bonchev–Trinajstić information content (AvgIpc) is 2.88. The molecule has 4 bridgehead atoms. The fourth-order valence-corrected chi connectivity index (χ4v) is 6.76. The fraction of sp³-hybridized carbons (Fsp3) is 0.464. The molecule has 2 saturated carbocycles. The molecule has 2 atom stereocenters. The molecule has 7 rings (SSSR count). The van der Waals surface area contributed by atoms with E-state index in [4.69, 9.17) is 4.98 Å². The number of pyridine rings is 1. The van der Waals surface area contributed by atoms with Crippen LogP contribution in [0.15, 0.2) is 48.5 Å². The lowest BCUT2D eigenvalue weighted by Crippen LogP contribution is -2.25. The Hall–Kier alpha value is -2.15. The lowest BCUT2D eigenvalue weighted by molar-refractivity contribution is 0.166. The Bertz CT molecular complexity index is 1070. The Morgan fingerprint density at radius 1 is 0.759 bits per heavy atom. The van der Waals surface area contributed by atoms with Crippen molar-refractivity contribution in [3.63, 3.8) is 0 Å². The smallest absolute Gasteiger partial charge is 0.0747 e. The van der Waals surface area contributed by atoms with E-state index in [2.05, 4.69) is 69.3 Å². The number of rotatable bonds is 1. The van der Waals surface area contributed by atoms with Crippen LogP contribution < -0.4 is 0 Å². The molecule has 1 heteroatoms. The minimum atomic E-state index is 0.168. The second-order valence-corrected chi connectivity index (χ2v) is 10.9. The first-order valence-corrected chi connectivity index (χ1v) is 11.5. The Kier molecular flexibility index (Phi) is 3.77. The molecule has 4 aliphatic carbocycles. The quantitative estimate of drug-likeness (QED) is 0.423. The molecule has 148 valence electrons. The summed E-state index contributed by atoms with van der Waals surface area (Å²) in [6.07, 6.45) is 7.03. The van der Waals surface area contributed by atoms with Gasteiger partial charge in [0.15, 0.2) is 0 Å². The zero-order chi connectivity index (χ0) is 19.8. The van der Waals surface area contributed by atoms with Crippen molar-refractivity contribution in [3.8, 4) is 11.3 Å². The number of aromatic nitrogens is 1. The molecule has 2 aromatic carbocycles. The van der Waals surface area contributed by atoms with Crippen molar-refractivity contribution in [3.05, 3.63) is 65.2 Å². The van der Waals surface area contributed by atoms with E-state index >= 15 is 0 Å². The summed E-state index contributed by atoms with van der Waals surface area (Å²) in [6, 6.07) is 18.0. The lowest BCUT2D eigenvalue weighted by atomic mass is 9.67. The van der Waals surface area contributed by atoms with Gasteiger partial charge < -0.3 is 0 Å². The SMILES string of the molecule is CC(C)(C)c1ccc2nc(-c3ccccc3)c3c(c2c1)C1CC2CC(CC3C2)C1. The number of fused-ring (bicyclic) bond motifs is 1.